The van der Waals surface area contributed by atoms with Crippen molar-refractivity contribution in [2.45, 2.75) is 19.9 Å². The van der Waals surface area contributed by atoms with E-state index in [0.717, 1.165) is 13.1 Å². The van der Waals surface area contributed by atoms with Gasteiger partial charge in [0.2, 0.25) is 0 Å². The molecule has 2 aromatic carbocycles. The molecule has 0 spiro atoms. The summed E-state index contributed by atoms with van der Waals surface area (Å²) in [5.74, 6) is 0. The van der Waals surface area contributed by atoms with Crippen molar-refractivity contribution in [2.24, 2.45) is 0 Å². The number of benzene rings is 2. The average Bonchev–Trinajstić information content (AvgIpc) is 2.65. The molecule has 0 saturated carbocycles. The van der Waals surface area contributed by atoms with Gasteiger partial charge in [0, 0.05) is 17.7 Å². The first-order chi connectivity index (χ1) is 12.1. The molecule has 2 aromatic rings. The summed E-state index contributed by atoms with van der Waals surface area (Å²) in [7, 11) is 0. The molecule has 0 radical (unpaired) electrons. The maximum Gasteiger partial charge on any atom is 0.270 e. The van der Waals surface area contributed by atoms with Crippen molar-refractivity contribution in [3.05, 3.63) is 69.8 Å². The van der Waals surface area contributed by atoms with E-state index >= 15 is 0 Å². The van der Waals surface area contributed by atoms with Crippen LogP contribution in [0.25, 0.3) is 0 Å². The van der Waals surface area contributed by atoms with Gasteiger partial charge in [0.05, 0.1) is 35.8 Å². The van der Waals surface area contributed by atoms with E-state index in [9.17, 15) is 15.4 Å². The maximum absolute atomic E-state index is 10.9. The van der Waals surface area contributed by atoms with Crippen LogP contribution >= 0.6 is 0 Å². The first-order valence-electron chi connectivity index (χ1n) is 8.42. The van der Waals surface area contributed by atoms with Crippen molar-refractivity contribution < 1.29 is 9.82 Å². The van der Waals surface area contributed by atoms with Crippen LogP contribution in [0, 0.1) is 21.4 Å². The summed E-state index contributed by atoms with van der Waals surface area (Å²) in [5.41, 5.74) is 2.07. The highest BCUT2D eigenvalue weighted by molar-refractivity contribution is 5.61. The van der Waals surface area contributed by atoms with Crippen LogP contribution in [-0.4, -0.2) is 24.6 Å². The second-order valence-electron chi connectivity index (χ2n) is 5.81. The molecule has 0 heterocycles. The third-order valence-electron chi connectivity index (χ3n) is 4.43. The molecule has 2 rings (SSSR count). The predicted octanol–water partition coefficient (Wildman–Crippen LogP) is 2.54. The molecular weight excluding hydrogens is 316 g/mol. The van der Waals surface area contributed by atoms with Gasteiger partial charge in [-0.2, -0.15) is 5.26 Å². The van der Waals surface area contributed by atoms with Gasteiger partial charge in [-0.15, -0.1) is 0 Å². The number of nitro groups is 1. The Morgan fingerprint density at radius 2 is 1.88 bits per heavy atom. The van der Waals surface area contributed by atoms with E-state index < -0.39 is 4.92 Å². The Hall–Kier alpha value is -2.91. The van der Waals surface area contributed by atoms with Gasteiger partial charge in [-0.05, 0) is 19.9 Å². The van der Waals surface area contributed by atoms with Crippen molar-refractivity contribution in [3.8, 4) is 6.07 Å². The van der Waals surface area contributed by atoms with Gasteiger partial charge in [0.25, 0.3) is 5.69 Å². The van der Waals surface area contributed by atoms with Crippen molar-refractivity contribution in [3.63, 3.8) is 0 Å². The maximum atomic E-state index is 10.9. The zero-order valence-corrected chi connectivity index (χ0v) is 14.5. The molecule has 0 aliphatic rings. The van der Waals surface area contributed by atoms with Gasteiger partial charge in [-0.25, -0.2) is 0 Å². The summed E-state index contributed by atoms with van der Waals surface area (Å²) in [6.07, 6.45) is 0. The van der Waals surface area contributed by atoms with E-state index in [1.165, 1.54) is 22.6 Å². The van der Waals surface area contributed by atoms with Crippen LogP contribution in [-0.2, 0) is 0 Å². The third kappa shape index (κ3) is 4.55. The highest BCUT2D eigenvalue weighted by Gasteiger charge is 2.22. The first kappa shape index (κ1) is 18.4. The molecule has 0 bridgehead atoms. The summed E-state index contributed by atoms with van der Waals surface area (Å²) < 4.78 is 0. The van der Waals surface area contributed by atoms with Crippen molar-refractivity contribution in [1.29, 1.82) is 5.26 Å². The van der Waals surface area contributed by atoms with E-state index in [2.05, 4.69) is 31.3 Å². The summed E-state index contributed by atoms with van der Waals surface area (Å²) in [4.78, 5) is 11.8. The van der Waals surface area contributed by atoms with E-state index in [0.29, 0.717) is 12.2 Å². The SMILES string of the molecule is CC[NH+](CC)[C@@H](CNc1ccc([N+](=O)[O-])cc1C#N)c1ccccc1. The predicted molar refractivity (Wildman–Crippen MR) is 97.5 cm³/mol. The molecule has 0 aromatic heterocycles. The van der Waals surface area contributed by atoms with E-state index in [1.807, 2.05) is 24.3 Å². The molecule has 25 heavy (non-hydrogen) atoms. The highest BCUT2D eigenvalue weighted by atomic mass is 16.6. The standard InChI is InChI=1S/C19H22N4O2/c1-3-22(4-2)19(15-8-6-5-7-9-15)14-21-18-11-10-17(23(24)25)12-16(18)13-20/h5-12,19,21H,3-4,14H2,1-2H3/p+1/t19-/m0/s1. The van der Waals surface area contributed by atoms with Crippen LogP contribution in [0.1, 0.15) is 31.0 Å². The minimum Gasteiger partial charge on any atom is -0.378 e. The second-order valence-corrected chi connectivity index (χ2v) is 5.81. The normalized spacial score (nSPS) is 11.8. The second kappa shape index (κ2) is 8.81. The fourth-order valence-corrected chi connectivity index (χ4v) is 3.03. The molecule has 0 aliphatic heterocycles. The molecular formula is C19H23N4O2+. The fraction of sp³-hybridized carbons (Fsp3) is 0.316. The van der Waals surface area contributed by atoms with Gasteiger partial charge >= 0.3 is 0 Å². The molecule has 2 N–H and O–H groups in total. The zero-order chi connectivity index (χ0) is 18.2. The summed E-state index contributed by atoms with van der Waals surface area (Å²) in [5, 5.41) is 23.5. The number of nitriles is 1. The largest absolute Gasteiger partial charge is 0.378 e. The van der Waals surface area contributed by atoms with Crippen LogP contribution in [0.3, 0.4) is 0 Å². The van der Waals surface area contributed by atoms with Crippen molar-refractivity contribution in [2.75, 3.05) is 25.0 Å². The molecule has 1 atom stereocenters. The lowest BCUT2D eigenvalue weighted by molar-refractivity contribution is -0.926. The van der Waals surface area contributed by atoms with Gasteiger partial charge in [0.1, 0.15) is 12.1 Å². The van der Waals surface area contributed by atoms with Crippen molar-refractivity contribution in [1.82, 2.24) is 0 Å². The summed E-state index contributed by atoms with van der Waals surface area (Å²) in [6.45, 7) is 6.93. The van der Waals surface area contributed by atoms with E-state index in [-0.39, 0.29) is 17.3 Å². The lowest BCUT2D eigenvalue weighted by atomic mass is 10.0. The van der Waals surface area contributed by atoms with Crippen LogP contribution < -0.4 is 10.2 Å². The molecule has 130 valence electrons. The number of hydrogen-bond donors (Lipinski definition) is 2. The number of rotatable bonds is 8. The Bertz CT molecular complexity index is 752. The number of nitrogens with zero attached hydrogens (tertiary/aromatic N) is 2. The minimum absolute atomic E-state index is 0.0731. The molecule has 0 fully saturated rings. The smallest absolute Gasteiger partial charge is 0.270 e. The van der Waals surface area contributed by atoms with Crippen LogP contribution in [0.5, 0.6) is 0 Å². The Balaban J connectivity index is 2.23. The van der Waals surface area contributed by atoms with Gasteiger partial charge < -0.3 is 10.2 Å². The third-order valence-corrected chi connectivity index (χ3v) is 4.43. The highest BCUT2D eigenvalue weighted by Crippen LogP contribution is 2.22. The molecule has 0 amide bonds. The Kier molecular flexibility index (Phi) is 6.49. The van der Waals surface area contributed by atoms with E-state index in [1.54, 1.807) is 6.07 Å². The zero-order valence-electron chi connectivity index (χ0n) is 14.5. The Morgan fingerprint density at radius 1 is 1.20 bits per heavy atom. The lowest BCUT2D eigenvalue weighted by Crippen LogP contribution is -3.12. The number of anilines is 1. The number of quaternary nitrogens is 1. The van der Waals surface area contributed by atoms with Gasteiger partial charge in [-0.1, -0.05) is 30.3 Å². The molecule has 6 nitrogen and oxygen atoms in total. The van der Waals surface area contributed by atoms with Crippen LogP contribution in [0.4, 0.5) is 11.4 Å². The van der Waals surface area contributed by atoms with Gasteiger partial charge in [-0.3, -0.25) is 10.1 Å². The lowest BCUT2D eigenvalue weighted by Gasteiger charge is -2.27. The number of nitro benzene ring substituents is 1. The monoisotopic (exact) mass is 339 g/mol. The Labute approximate surface area is 147 Å². The average molecular weight is 339 g/mol. The molecule has 0 saturated heterocycles. The molecule has 0 unspecified atom stereocenters. The minimum atomic E-state index is -0.489. The number of non-ortho nitro benzene ring substituents is 1. The molecule has 6 heteroatoms. The van der Waals surface area contributed by atoms with Gasteiger partial charge in [0.15, 0.2) is 0 Å². The quantitative estimate of drug-likeness (QED) is 0.572. The Morgan fingerprint density at radius 3 is 2.44 bits per heavy atom. The topological polar surface area (TPSA) is 83.4 Å². The number of nitrogens with one attached hydrogen (secondary N) is 2. The summed E-state index contributed by atoms with van der Waals surface area (Å²) >= 11 is 0. The molecule has 0 aliphatic carbocycles. The number of hydrogen-bond acceptors (Lipinski definition) is 4. The van der Waals surface area contributed by atoms with Crippen LogP contribution in [0.15, 0.2) is 48.5 Å². The van der Waals surface area contributed by atoms with Crippen molar-refractivity contribution >= 4 is 11.4 Å². The first-order valence-corrected chi connectivity index (χ1v) is 8.42. The van der Waals surface area contributed by atoms with Crippen LogP contribution in [0.2, 0.25) is 0 Å². The van der Waals surface area contributed by atoms with E-state index in [4.69, 9.17) is 0 Å². The fourth-order valence-electron chi connectivity index (χ4n) is 3.03. The number of likely N-dealkylation sites (N-methyl/N-ethyl adjacent to an activating group) is 1. The summed E-state index contributed by atoms with van der Waals surface area (Å²) in [6, 6.07) is 16.9.